The summed E-state index contributed by atoms with van der Waals surface area (Å²) in [6, 6.07) is 17.1. The fourth-order valence-electron chi connectivity index (χ4n) is 3.28. The van der Waals surface area contributed by atoms with Crippen LogP contribution in [0.4, 0.5) is 0 Å². The lowest BCUT2D eigenvalue weighted by molar-refractivity contribution is -0.662. The molecule has 0 spiro atoms. The van der Waals surface area contributed by atoms with Crippen molar-refractivity contribution in [2.24, 2.45) is 7.05 Å². The van der Waals surface area contributed by atoms with Gasteiger partial charge in [0.1, 0.15) is 7.05 Å². The Morgan fingerprint density at radius 2 is 1.50 bits per heavy atom. The molecule has 1 heterocycles. The average molecular weight is 320 g/mol. The molecule has 0 atom stereocenters. The first kappa shape index (κ1) is 16.4. The van der Waals surface area contributed by atoms with Crippen molar-refractivity contribution < 1.29 is 4.68 Å². The Balaban J connectivity index is 2.12. The summed E-state index contributed by atoms with van der Waals surface area (Å²) in [5.74, 6) is 0. The average Bonchev–Trinajstić information content (AvgIpc) is 2.98. The summed E-state index contributed by atoms with van der Waals surface area (Å²) in [4.78, 5) is 0. The Morgan fingerprint density at radius 1 is 0.875 bits per heavy atom. The molecule has 3 rings (SSSR count). The summed E-state index contributed by atoms with van der Waals surface area (Å²) in [6.07, 6.45) is 6.60. The second-order valence-electron chi connectivity index (χ2n) is 6.26. The van der Waals surface area contributed by atoms with E-state index in [0.717, 1.165) is 31.4 Å². The number of hydrogen-bond acceptors (Lipinski definition) is 1. The van der Waals surface area contributed by atoms with Crippen molar-refractivity contribution in [3.63, 3.8) is 0 Å². The highest BCUT2D eigenvalue weighted by atomic mass is 15.5. The van der Waals surface area contributed by atoms with Crippen LogP contribution < -0.4 is 4.68 Å². The minimum absolute atomic E-state index is 1.08. The van der Waals surface area contributed by atoms with Crippen molar-refractivity contribution >= 4 is 0 Å². The third-order valence-corrected chi connectivity index (χ3v) is 4.36. The zero-order valence-electron chi connectivity index (χ0n) is 14.9. The number of benzene rings is 2. The molecule has 0 amide bonds. The molecule has 0 saturated heterocycles. The highest BCUT2D eigenvalue weighted by Gasteiger charge is 2.20. The normalized spacial score (nSPS) is 11.0. The van der Waals surface area contributed by atoms with Crippen LogP contribution in [0.5, 0.6) is 0 Å². The smallest absolute Gasteiger partial charge is 0.132 e. The van der Waals surface area contributed by atoms with Gasteiger partial charge in [-0.2, -0.15) is 0 Å². The van der Waals surface area contributed by atoms with E-state index in [9.17, 15) is 0 Å². The van der Waals surface area contributed by atoms with E-state index in [1.165, 1.54) is 22.4 Å². The topological polar surface area (TPSA) is 21.7 Å². The zero-order chi connectivity index (χ0) is 16.9. The molecule has 0 fully saturated rings. The molecule has 0 unspecified atom stereocenters. The lowest BCUT2D eigenvalue weighted by atomic mass is 10.0. The Labute approximate surface area is 144 Å². The Bertz CT molecular complexity index is 779. The molecule has 0 aliphatic rings. The lowest BCUT2D eigenvalue weighted by Gasteiger charge is -2.09. The quantitative estimate of drug-likeness (QED) is 0.622. The van der Waals surface area contributed by atoms with Crippen LogP contribution in [-0.4, -0.2) is 9.90 Å². The fourth-order valence-corrected chi connectivity index (χ4v) is 3.28. The maximum atomic E-state index is 4.78. The van der Waals surface area contributed by atoms with E-state index in [0.29, 0.717) is 0 Å². The first-order valence-corrected chi connectivity index (χ1v) is 8.87. The van der Waals surface area contributed by atoms with E-state index in [-0.39, 0.29) is 0 Å². The Kier molecular flexibility index (Phi) is 5.09. The van der Waals surface area contributed by atoms with Gasteiger partial charge in [-0.05, 0) is 12.8 Å². The van der Waals surface area contributed by atoms with Crippen molar-refractivity contribution in [3.05, 3.63) is 65.9 Å². The summed E-state index contributed by atoms with van der Waals surface area (Å²) in [7, 11) is 2.01. The largest absolute Gasteiger partial charge is 0.197 e. The number of aryl methyl sites for hydroxylation is 3. The van der Waals surface area contributed by atoms with Gasteiger partial charge in [-0.15, -0.1) is 9.36 Å². The van der Waals surface area contributed by atoms with Gasteiger partial charge in [0.2, 0.25) is 0 Å². The minimum Gasteiger partial charge on any atom is -0.132 e. The molecule has 0 N–H and O–H groups in total. The van der Waals surface area contributed by atoms with E-state index in [1.54, 1.807) is 0 Å². The predicted octanol–water partition coefficient (Wildman–Crippen LogP) is 4.27. The predicted molar refractivity (Wildman–Crippen MR) is 98.2 cm³/mol. The van der Waals surface area contributed by atoms with Crippen molar-refractivity contribution in [2.75, 3.05) is 0 Å². The van der Waals surface area contributed by atoms with Gasteiger partial charge in [0.25, 0.3) is 0 Å². The molecule has 1 aromatic heterocycles. The van der Waals surface area contributed by atoms with Gasteiger partial charge in [-0.1, -0.05) is 75.2 Å². The van der Waals surface area contributed by atoms with Gasteiger partial charge in [-0.25, -0.2) is 0 Å². The van der Waals surface area contributed by atoms with E-state index < -0.39 is 0 Å². The maximum Gasteiger partial charge on any atom is 0.197 e. The summed E-state index contributed by atoms with van der Waals surface area (Å²) in [6.45, 7) is 4.46. The molecule has 0 radical (unpaired) electrons. The second-order valence-corrected chi connectivity index (χ2v) is 6.26. The Hall–Kier alpha value is -2.42. The summed E-state index contributed by atoms with van der Waals surface area (Å²) in [5.41, 5.74) is 6.34. The molecule has 3 heteroatoms. The van der Waals surface area contributed by atoms with Crippen molar-refractivity contribution in [3.8, 4) is 16.9 Å². The van der Waals surface area contributed by atoms with Crippen LogP contribution in [0, 0.1) is 0 Å². The number of nitrogens with zero attached hydrogens (tertiary/aromatic N) is 3. The molecule has 3 aromatic rings. The third-order valence-electron chi connectivity index (χ3n) is 4.36. The van der Waals surface area contributed by atoms with Crippen LogP contribution >= 0.6 is 0 Å². The first-order chi connectivity index (χ1) is 11.7. The third kappa shape index (κ3) is 3.25. The number of para-hydroxylation sites is 1. The minimum atomic E-state index is 1.08. The molecule has 0 saturated carbocycles. The molecule has 0 aliphatic heterocycles. The van der Waals surface area contributed by atoms with Crippen LogP contribution in [0.3, 0.4) is 0 Å². The molecule has 24 heavy (non-hydrogen) atoms. The highest BCUT2D eigenvalue weighted by Crippen LogP contribution is 2.21. The van der Waals surface area contributed by atoms with Crippen molar-refractivity contribution in [2.45, 2.75) is 39.5 Å². The highest BCUT2D eigenvalue weighted by molar-refractivity contribution is 5.57. The lowest BCUT2D eigenvalue weighted by Crippen LogP contribution is -2.36. The zero-order valence-corrected chi connectivity index (χ0v) is 14.9. The molecular formula is C21H26N3+. The summed E-state index contributed by atoms with van der Waals surface area (Å²) >= 11 is 0. The standard InChI is InChI=1S/C21H26N3/c1-4-10-18-14-9-15-19(11-5-2)21(18)24-16-20(23(3)22-24)17-12-7-6-8-13-17/h6-9,12-16H,4-5,10-11H2,1-3H3/q+1. The fraction of sp³-hybridized carbons (Fsp3) is 0.333. The van der Waals surface area contributed by atoms with E-state index in [4.69, 9.17) is 5.21 Å². The van der Waals surface area contributed by atoms with E-state index in [2.05, 4.69) is 67.2 Å². The van der Waals surface area contributed by atoms with Gasteiger partial charge in [0.05, 0.1) is 5.21 Å². The monoisotopic (exact) mass is 320 g/mol. The maximum absolute atomic E-state index is 4.78. The number of rotatable bonds is 6. The van der Waals surface area contributed by atoms with Crippen LogP contribution in [0.1, 0.15) is 37.8 Å². The molecule has 3 nitrogen and oxygen atoms in total. The van der Waals surface area contributed by atoms with E-state index >= 15 is 0 Å². The molecule has 0 aliphatic carbocycles. The second kappa shape index (κ2) is 7.43. The first-order valence-electron chi connectivity index (χ1n) is 8.87. The van der Waals surface area contributed by atoms with Crippen LogP contribution in [-0.2, 0) is 19.9 Å². The van der Waals surface area contributed by atoms with Crippen molar-refractivity contribution in [1.82, 2.24) is 9.90 Å². The number of aromatic nitrogens is 3. The molecule has 124 valence electrons. The Morgan fingerprint density at radius 3 is 2.08 bits per heavy atom. The van der Waals surface area contributed by atoms with Crippen molar-refractivity contribution in [1.29, 1.82) is 0 Å². The SMILES string of the molecule is CCCc1cccc(CCC)c1-[n+]1cc(-c2ccccc2)n(C)n1. The van der Waals surface area contributed by atoms with Gasteiger partial charge in [-0.3, -0.25) is 0 Å². The molecular weight excluding hydrogens is 294 g/mol. The molecule has 0 bridgehead atoms. The van der Waals surface area contributed by atoms with Gasteiger partial charge < -0.3 is 0 Å². The summed E-state index contributed by atoms with van der Waals surface area (Å²) < 4.78 is 4.03. The van der Waals surface area contributed by atoms with Crippen LogP contribution in [0.25, 0.3) is 16.9 Å². The van der Waals surface area contributed by atoms with Gasteiger partial charge >= 0.3 is 0 Å². The number of hydrogen-bond donors (Lipinski definition) is 0. The van der Waals surface area contributed by atoms with Crippen LogP contribution in [0.15, 0.2) is 54.7 Å². The van der Waals surface area contributed by atoms with E-state index in [1.807, 2.05) is 17.8 Å². The van der Waals surface area contributed by atoms with Gasteiger partial charge in [0, 0.05) is 16.7 Å². The summed E-state index contributed by atoms with van der Waals surface area (Å²) in [5, 5.41) is 4.78. The van der Waals surface area contributed by atoms with Gasteiger partial charge in [0.15, 0.2) is 17.6 Å². The van der Waals surface area contributed by atoms with Crippen LogP contribution in [0.2, 0.25) is 0 Å². The molecule has 2 aromatic carbocycles.